The summed E-state index contributed by atoms with van der Waals surface area (Å²) in [5.41, 5.74) is 0. The molecule has 1 aromatic heterocycles. The number of hydrogen-bond donors (Lipinski definition) is 0. The van der Waals surface area contributed by atoms with Crippen LogP contribution in [-0.4, -0.2) is 70.8 Å². The molecule has 1 saturated heterocycles. The molecule has 0 aliphatic carbocycles. The van der Waals surface area contributed by atoms with Crippen LogP contribution in [0.4, 0.5) is 9.93 Å². The second-order valence-electron chi connectivity index (χ2n) is 4.25. The van der Waals surface area contributed by atoms with E-state index in [1.165, 1.54) is 16.2 Å². The van der Waals surface area contributed by atoms with Gasteiger partial charge in [0.25, 0.3) is 0 Å². The third kappa shape index (κ3) is 2.54. The number of rotatable bonds is 2. The van der Waals surface area contributed by atoms with E-state index in [1.807, 2.05) is 13.8 Å². The van der Waals surface area contributed by atoms with E-state index in [4.69, 9.17) is 0 Å². The first-order valence-corrected chi connectivity index (χ1v) is 5.95. The van der Waals surface area contributed by atoms with Gasteiger partial charge in [-0.3, -0.25) is 4.90 Å². The van der Waals surface area contributed by atoms with Crippen molar-refractivity contribution in [3.8, 4) is 0 Å². The van der Waals surface area contributed by atoms with Crippen LogP contribution in [0.25, 0.3) is 0 Å². The summed E-state index contributed by atoms with van der Waals surface area (Å²) in [5, 5.41) is 21.2. The monoisotopic (exact) mass is 266 g/mol. The van der Waals surface area contributed by atoms with Crippen molar-refractivity contribution in [2.45, 2.75) is 19.8 Å². The van der Waals surface area contributed by atoms with Crippen molar-refractivity contribution < 1.29 is 4.79 Å². The molecule has 0 spiro atoms. The Bertz CT molecular complexity index is 425. The van der Waals surface area contributed by atoms with Gasteiger partial charge in [-0.2, -0.15) is 0 Å². The number of hydroxylamine groups is 2. The Kier molecular flexibility index (Phi) is 4.67. The average Bonchev–Trinajstić information content (AvgIpc) is 2.81. The van der Waals surface area contributed by atoms with E-state index in [1.54, 1.807) is 7.05 Å². The molecule has 1 aliphatic heterocycles. The molecule has 1 aliphatic rings. The van der Waals surface area contributed by atoms with Crippen molar-refractivity contribution in [3.05, 3.63) is 10.2 Å². The molecular weight excluding hydrogens is 251 g/mol. The fourth-order valence-electron chi connectivity index (χ4n) is 1.54. The first-order chi connectivity index (χ1) is 7.45. The molecule has 2 amide bonds. The van der Waals surface area contributed by atoms with Crippen LogP contribution in [0.2, 0.25) is 0 Å². The standard InChI is InChI=1S/C9H14N4O2S.Na.H/c1-6(2)7-10-11-8(16-7)13(15)5-4-12(3)9(13)14;;/h6H,4-5H2,1-3H3;;. The third-order valence-electron chi connectivity index (χ3n) is 2.62. The van der Waals surface area contributed by atoms with Crippen LogP contribution in [0.15, 0.2) is 0 Å². The Morgan fingerprint density at radius 1 is 1.47 bits per heavy atom. The van der Waals surface area contributed by atoms with E-state index in [9.17, 15) is 10.0 Å². The predicted molar refractivity (Wildman–Crippen MR) is 69.2 cm³/mol. The molecule has 0 N–H and O–H groups in total. The molecule has 8 heteroatoms. The summed E-state index contributed by atoms with van der Waals surface area (Å²) in [7, 11) is 1.63. The summed E-state index contributed by atoms with van der Waals surface area (Å²) in [5.74, 6) is 0.230. The van der Waals surface area contributed by atoms with Crippen LogP contribution >= 0.6 is 11.3 Å². The number of urea groups is 1. The Balaban J connectivity index is 0.00000144. The van der Waals surface area contributed by atoms with Crippen LogP contribution in [-0.2, 0) is 0 Å². The van der Waals surface area contributed by atoms with Gasteiger partial charge in [0.2, 0.25) is 0 Å². The minimum absolute atomic E-state index is 0. The van der Waals surface area contributed by atoms with Gasteiger partial charge in [-0.05, 0) is 11.3 Å². The molecule has 0 radical (unpaired) electrons. The Morgan fingerprint density at radius 2 is 2.12 bits per heavy atom. The van der Waals surface area contributed by atoms with Crippen molar-refractivity contribution in [2.24, 2.45) is 0 Å². The first-order valence-electron chi connectivity index (χ1n) is 5.14. The number of aromatic nitrogens is 2. The summed E-state index contributed by atoms with van der Waals surface area (Å²) >= 11 is 1.23. The zero-order valence-corrected chi connectivity index (χ0v) is 10.3. The molecule has 1 unspecified atom stereocenters. The van der Waals surface area contributed by atoms with Gasteiger partial charge in [0.15, 0.2) is 0 Å². The molecule has 90 valence electrons. The Hall–Kier alpha value is -0.0500. The van der Waals surface area contributed by atoms with Crippen molar-refractivity contribution in [2.75, 3.05) is 20.1 Å². The normalized spacial score (nSPS) is 24.3. The van der Waals surface area contributed by atoms with Crippen LogP contribution in [0, 0.1) is 5.21 Å². The summed E-state index contributed by atoms with van der Waals surface area (Å²) in [6, 6.07) is -0.452. The minimum atomic E-state index is -0.985. The maximum absolute atomic E-state index is 12.3. The number of carbonyl (C=O) groups excluding carboxylic acids is 1. The summed E-state index contributed by atoms with van der Waals surface area (Å²) in [6.07, 6.45) is 0. The van der Waals surface area contributed by atoms with E-state index in [2.05, 4.69) is 10.2 Å². The first kappa shape index (κ1) is 15.0. The zero-order valence-electron chi connectivity index (χ0n) is 9.51. The summed E-state index contributed by atoms with van der Waals surface area (Å²) in [6.45, 7) is 4.66. The zero-order chi connectivity index (χ0) is 11.9. The van der Waals surface area contributed by atoms with Crippen LogP contribution in [0.3, 0.4) is 0 Å². The van der Waals surface area contributed by atoms with E-state index < -0.39 is 10.7 Å². The molecule has 0 aromatic carbocycles. The third-order valence-corrected chi connectivity index (χ3v) is 3.94. The average molecular weight is 266 g/mol. The molecule has 1 aromatic rings. The van der Waals surface area contributed by atoms with E-state index in [-0.39, 0.29) is 47.2 Å². The van der Waals surface area contributed by atoms with Crippen LogP contribution in [0.1, 0.15) is 24.8 Å². The maximum atomic E-state index is 12.3. The molecule has 1 atom stereocenters. The summed E-state index contributed by atoms with van der Waals surface area (Å²) < 4.78 is -0.985. The van der Waals surface area contributed by atoms with Gasteiger partial charge in [-0.1, -0.05) is 18.9 Å². The Labute approximate surface area is 126 Å². The van der Waals surface area contributed by atoms with Crippen molar-refractivity contribution in [3.63, 3.8) is 0 Å². The van der Waals surface area contributed by atoms with Crippen LogP contribution < -0.4 is 4.65 Å². The van der Waals surface area contributed by atoms with Crippen LogP contribution in [0.5, 0.6) is 0 Å². The van der Waals surface area contributed by atoms with Gasteiger partial charge in [0.05, 0.1) is 6.54 Å². The fourth-order valence-corrected chi connectivity index (χ4v) is 2.44. The van der Waals surface area contributed by atoms with Gasteiger partial charge in [0, 0.05) is 13.0 Å². The van der Waals surface area contributed by atoms with Gasteiger partial charge >= 0.3 is 40.7 Å². The fraction of sp³-hybridized carbons (Fsp3) is 0.667. The number of quaternary nitrogens is 1. The molecule has 1 fully saturated rings. The predicted octanol–water partition coefficient (Wildman–Crippen LogP) is 0.883. The van der Waals surface area contributed by atoms with Gasteiger partial charge in [-0.25, -0.2) is 9.44 Å². The molecule has 0 bridgehead atoms. The topological polar surface area (TPSA) is 69.2 Å². The van der Waals surface area contributed by atoms with E-state index >= 15 is 0 Å². The molecule has 2 heterocycles. The van der Waals surface area contributed by atoms with Gasteiger partial charge < -0.3 is 5.21 Å². The molecule has 0 saturated carbocycles. The summed E-state index contributed by atoms with van der Waals surface area (Å²) in [4.78, 5) is 13.2. The van der Waals surface area contributed by atoms with Gasteiger partial charge in [0.1, 0.15) is 11.6 Å². The van der Waals surface area contributed by atoms with Crippen molar-refractivity contribution in [1.29, 1.82) is 0 Å². The molecule has 2 rings (SSSR count). The number of amides is 2. The second kappa shape index (κ2) is 5.29. The van der Waals surface area contributed by atoms with E-state index in [0.29, 0.717) is 6.54 Å². The number of carbonyl (C=O) groups is 1. The number of nitrogens with zero attached hydrogens (tertiary/aromatic N) is 4. The number of hydrogen-bond acceptors (Lipinski definition) is 5. The molecule has 6 nitrogen and oxygen atoms in total. The van der Waals surface area contributed by atoms with Crippen molar-refractivity contribution >= 4 is 52.1 Å². The quantitative estimate of drug-likeness (QED) is 0.453. The molecular formula is C9H15N4NaO2S. The van der Waals surface area contributed by atoms with E-state index in [0.717, 1.165) is 5.01 Å². The Morgan fingerprint density at radius 3 is 2.53 bits per heavy atom. The molecule has 17 heavy (non-hydrogen) atoms. The number of likely N-dealkylation sites (N-methyl/N-ethyl adjacent to an activating group) is 1. The van der Waals surface area contributed by atoms with Gasteiger partial charge in [-0.15, -0.1) is 5.10 Å². The SMILES string of the molecule is CC(C)c1nnc([N+]2([O-])CCN(C)C2=O)s1.[NaH]. The van der Waals surface area contributed by atoms with Crippen molar-refractivity contribution in [1.82, 2.24) is 19.7 Å². The second-order valence-corrected chi connectivity index (χ2v) is 5.23.